The molecule has 1 aromatic carbocycles. The van der Waals surface area contributed by atoms with Gasteiger partial charge < -0.3 is 0 Å². The standard InChI is InChI=1S/C14H14N4S/c15-18-13(10-5-6-16-17-8-10)7-11-9-19-14-4-2-1-3-12(11)14/h1-6,8-9,13,18H,7,15H2. The van der Waals surface area contributed by atoms with E-state index in [2.05, 4.69) is 45.3 Å². The van der Waals surface area contributed by atoms with Crippen molar-refractivity contribution in [2.24, 2.45) is 5.84 Å². The van der Waals surface area contributed by atoms with Crippen LogP contribution >= 0.6 is 11.3 Å². The summed E-state index contributed by atoms with van der Waals surface area (Å²) in [6.07, 6.45) is 4.27. The zero-order chi connectivity index (χ0) is 13.1. The normalized spacial score (nSPS) is 12.7. The maximum Gasteiger partial charge on any atom is 0.0544 e. The molecule has 1 atom stereocenters. The Hall–Kier alpha value is -1.82. The van der Waals surface area contributed by atoms with Crippen LogP contribution < -0.4 is 11.3 Å². The van der Waals surface area contributed by atoms with Gasteiger partial charge in [0.15, 0.2) is 0 Å². The van der Waals surface area contributed by atoms with Crippen LogP contribution in [0, 0.1) is 0 Å². The quantitative estimate of drug-likeness (QED) is 0.564. The van der Waals surface area contributed by atoms with E-state index < -0.39 is 0 Å². The van der Waals surface area contributed by atoms with Gasteiger partial charge in [0, 0.05) is 10.9 Å². The summed E-state index contributed by atoms with van der Waals surface area (Å²) in [5, 5.41) is 11.2. The SMILES string of the molecule is NNC(Cc1csc2ccccc12)c1ccnnc1. The molecule has 96 valence electrons. The van der Waals surface area contributed by atoms with E-state index in [9.17, 15) is 0 Å². The largest absolute Gasteiger partial charge is 0.271 e. The number of hydrogen-bond acceptors (Lipinski definition) is 5. The first-order valence-corrected chi connectivity index (χ1v) is 6.94. The molecule has 2 heterocycles. The third kappa shape index (κ3) is 2.49. The number of nitrogens with zero attached hydrogens (tertiary/aromatic N) is 2. The van der Waals surface area contributed by atoms with Gasteiger partial charge in [0.1, 0.15) is 0 Å². The molecule has 19 heavy (non-hydrogen) atoms. The maximum atomic E-state index is 5.67. The highest BCUT2D eigenvalue weighted by atomic mass is 32.1. The molecule has 0 bridgehead atoms. The van der Waals surface area contributed by atoms with Crippen LogP contribution in [0.3, 0.4) is 0 Å². The summed E-state index contributed by atoms with van der Waals surface area (Å²) in [5.41, 5.74) is 5.21. The molecule has 0 amide bonds. The van der Waals surface area contributed by atoms with E-state index in [1.807, 2.05) is 6.07 Å². The molecule has 0 fully saturated rings. The van der Waals surface area contributed by atoms with Gasteiger partial charge in [-0.25, -0.2) is 0 Å². The van der Waals surface area contributed by atoms with E-state index in [0.717, 1.165) is 12.0 Å². The molecule has 2 aromatic heterocycles. The fourth-order valence-electron chi connectivity index (χ4n) is 2.19. The summed E-state index contributed by atoms with van der Waals surface area (Å²) >= 11 is 1.77. The lowest BCUT2D eigenvalue weighted by Gasteiger charge is -2.15. The highest BCUT2D eigenvalue weighted by Gasteiger charge is 2.13. The predicted molar refractivity (Wildman–Crippen MR) is 77.6 cm³/mol. The summed E-state index contributed by atoms with van der Waals surface area (Å²) in [6, 6.07) is 10.4. The molecule has 0 saturated heterocycles. The van der Waals surface area contributed by atoms with Crippen LogP contribution in [0.5, 0.6) is 0 Å². The number of hydrogen-bond donors (Lipinski definition) is 2. The molecule has 1 unspecified atom stereocenters. The molecule has 4 nitrogen and oxygen atoms in total. The lowest BCUT2D eigenvalue weighted by molar-refractivity contribution is 0.550. The smallest absolute Gasteiger partial charge is 0.0544 e. The van der Waals surface area contributed by atoms with Crippen molar-refractivity contribution < 1.29 is 0 Å². The van der Waals surface area contributed by atoms with Crippen LogP contribution in [0.4, 0.5) is 0 Å². The Kier molecular flexibility index (Phi) is 3.50. The molecular weight excluding hydrogens is 256 g/mol. The number of thiophene rings is 1. The molecule has 0 radical (unpaired) electrons. The summed E-state index contributed by atoms with van der Waals surface area (Å²) in [7, 11) is 0. The lowest BCUT2D eigenvalue weighted by Crippen LogP contribution is -2.29. The lowest BCUT2D eigenvalue weighted by atomic mass is 10.0. The van der Waals surface area contributed by atoms with Crippen molar-refractivity contribution >= 4 is 21.4 Å². The van der Waals surface area contributed by atoms with E-state index in [1.54, 1.807) is 23.7 Å². The number of benzene rings is 1. The van der Waals surface area contributed by atoms with E-state index in [-0.39, 0.29) is 6.04 Å². The second-order valence-corrected chi connectivity index (χ2v) is 5.27. The number of aromatic nitrogens is 2. The predicted octanol–water partition coefficient (Wildman–Crippen LogP) is 2.44. The van der Waals surface area contributed by atoms with Gasteiger partial charge >= 0.3 is 0 Å². The third-order valence-corrected chi connectivity index (χ3v) is 4.21. The fourth-order valence-corrected chi connectivity index (χ4v) is 3.17. The third-order valence-electron chi connectivity index (χ3n) is 3.20. The fraction of sp³-hybridized carbons (Fsp3) is 0.143. The van der Waals surface area contributed by atoms with Crippen molar-refractivity contribution in [1.29, 1.82) is 0 Å². The van der Waals surface area contributed by atoms with Gasteiger partial charge in [0.05, 0.1) is 12.2 Å². The first-order chi connectivity index (χ1) is 9.38. The van der Waals surface area contributed by atoms with Crippen molar-refractivity contribution in [2.75, 3.05) is 0 Å². The van der Waals surface area contributed by atoms with Crippen molar-refractivity contribution in [3.63, 3.8) is 0 Å². The zero-order valence-electron chi connectivity index (χ0n) is 10.3. The topological polar surface area (TPSA) is 63.8 Å². The molecule has 3 rings (SSSR count). The van der Waals surface area contributed by atoms with Crippen LogP contribution in [0.2, 0.25) is 0 Å². The van der Waals surface area contributed by atoms with E-state index in [1.165, 1.54) is 15.6 Å². The molecule has 0 saturated carbocycles. The molecule has 0 spiro atoms. The minimum absolute atomic E-state index is 0.0495. The number of nitrogens with two attached hydrogens (primary N) is 1. The van der Waals surface area contributed by atoms with Crippen LogP contribution in [0.25, 0.3) is 10.1 Å². The van der Waals surface area contributed by atoms with Crippen molar-refractivity contribution in [3.05, 3.63) is 59.2 Å². The Balaban J connectivity index is 1.91. The number of hydrazine groups is 1. The second kappa shape index (κ2) is 5.44. The molecule has 0 aliphatic carbocycles. The summed E-state index contributed by atoms with van der Waals surface area (Å²) < 4.78 is 1.31. The number of fused-ring (bicyclic) bond motifs is 1. The number of rotatable bonds is 4. The average molecular weight is 270 g/mol. The van der Waals surface area contributed by atoms with Crippen LogP contribution in [-0.2, 0) is 6.42 Å². The Labute approximate surface area is 115 Å². The molecule has 5 heteroatoms. The second-order valence-electron chi connectivity index (χ2n) is 4.36. The van der Waals surface area contributed by atoms with Crippen molar-refractivity contribution in [1.82, 2.24) is 15.6 Å². The maximum absolute atomic E-state index is 5.67. The van der Waals surface area contributed by atoms with E-state index in [4.69, 9.17) is 5.84 Å². The van der Waals surface area contributed by atoms with E-state index in [0.29, 0.717) is 0 Å². The highest BCUT2D eigenvalue weighted by Crippen LogP contribution is 2.28. The van der Waals surface area contributed by atoms with Gasteiger partial charge in [-0.2, -0.15) is 10.2 Å². The van der Waals surface area contributed by atoms with Gasteiger partial charge in [0.25, 0.3) is 0 Å². The van der Waals surface area contributed by atoms with Gasteiger partial charge in [-0.15, -0.1) is 11.3 Å². The Morgan fingerprint density at radius 2 is 2.11 bits per heavy atom. The van der Waals surface area contributed by atoms with E-state index >= 15 is 0 Å². The minimum Gasteiger partial charge on any atom is -0.271 e. The molecule has 3 aromatic rings. The zero-order valence-corrected chi connectivity index (χ0v) is 11.1. The monoisotopic (exact) mass is 270 g/mol. The van der Waals surface area contributed by atoms with Gasteiger partial charge in [0.2, 0.25) is 0 Å². The van der Waals surface area contributed by atoms with Crippen LogP contribution in [0.15, 0.2) is 48.1 Å². The molecule has 3 N–H and O–H groups in total. The van der Waals surface area contributed by atoms with Gasteiger partial charge in [-0.1, -0.05) is 18.2 Å². The highest BCUT2D eigenvalue weighted by molar-refractivity contribution is 7.17. The molecule has 0 aliphatic heterocycles. The van der Waals surface area contributed by atoms with Crippen molar-refractivity contribution in [2.45, 2.75) is 12.5 Å². The first-order valence-electron chi connectivity index (χ1n) is 6.06. The van der Waals surface area contributed by atoms with Gasteiger partial charge in [-0.3, -0.25) is 11.3 Å². The Morgan fingerprint density at radius 1 is 1.21 bits per heavy atom. The average Bonchev–Trinajstić information content (AvgIpc) is 2.89. The van der Waals surface area contributed by atoms with Gasteiger partial charge in [-0.05, 0) is 40.4 Å². The summed E-state index contributed by atoms with van der Waals surface area (Å²) in [5.74, 6) is 5.67. The summed E-state index contributed by atoms with van der Waals surface area (Å²) in [6.45, 7) is 0. The van der Waals surface area contributed by atoms with Crippen LogP contribution in [0.1, 0.15) is 17.2 Å². The molecule has 0 aliphatic rings. The molecular formula is C14H14N4S. The first kappa shape index (κ1) is 12.2. The Morgan fingerprint density at radius 3 is 2.89 bits per heavy atom. The summed E-state index contributed by atoms with van der Waals surface area (Å²) in [4.78, 5) is 0. The number of nitrogens with one attached hydrogen (secondary N) is 1. The van der Waals surface area contributed by atoms with Crippen LogP contribution in [-0.4, -0.2) is 10.2 Å². The van der Waals surface area contributed by atoms with Crippen molar-refractivity contribution in [3.8, 4) is 0 Å². The minimum atomic E-state index is 0.0495. The Bertz CT molecular complexity index is 665.